The molecule has 0 aliphatic heterocycles. The summed E-state index contributed by atoms with van der Waals surface area (Å²) in [5.74, 6) is 0.301. The highest BCUT2D eigenvalue weighted by Crippen LogP contribution is 2.29. The van der Waals surface area contributed by atoms with E-state index in [-0.39, 0.29) is 0 Å². The summed E-state index contributed by atoms with van der Waals surface area (Å²) in [4.78, 5) is 12.5. The summed E-state index contributed by atoms with van der Waals surface area (Å²) in [6.07, 6.45) is 3.73. The molecule has 1 N–H and O–H groups in total. The van der Waals surface area contributed by atoms with Crippen LogP contribution in [0.4, 0.5) is 0 Å². The van der Waals surface area contributed by atoms with Gasteiger partial charge in [-0.25, -0.2) is 4.98 Å². The predicted octanol–water partition coefficient (Wildman–Crippen LogP) is 2.12. The summed E-state index contributed by atoms with van der Waals surface area (Å²) in [5, 5.41) is 12.5. The van der Waals surface area contributed by atoms with Crippen LogP contribution in [0.25, 0.3) is 10.8 Å². The summed E-state index contributed by atoms with van der Waals surface area (Å²) in [6, 6.07) is 9.65. The Kier molecular flexibility index (Phi) is 3.26. The summed E-state index contributed by atoms with van der Waals surface area (Å²) in [5.41, 5.74) is 0.903. The number of fused-ring (bicyclic) bond motifs is 1. The molecule has 0 saturated heterocycles. The third-order valence-corrected chi connectivity index (χ3v) is 3.11. The van der Waals surface area contributed by atoms with Gasteiger partial charge >= 0.3 is 0 Å². The SMILES string of the molecule is COc1nccnc1C(O)c1nccc2ccccc12. The Bertz CT molecular complexity index is 741. The Morgan fingerprint density at radius 2 is 1.70 bits per heavy atom. The van der Waals surface area contributed by atoms with Crippen molar-refractivity contribution in [1.29, 1.82) is 0 Å². The molecule has 0 amide bonds. The minimum Gasteiger partial charge on any atom is -0.480 e. The average molecular weight is 267 g/mol. The standard InChI is InChI=1S/C15H13N3O2/c1-20-15-13(17-8-9-18-15)14(19)12-11-5-3-2-4-10(11)6-7-16-12/h2-9,14,19H,1H3. The number of rotatable bonds is 3. The first-order valence-electron chi connectivity index (χ1n) is 6.18. The van der Waals surface area contributed by atoms with Crippen LogP contribution in [0.2, 0.25) is 0 Å². The largest absolute Gasteiger partial charge is 0.480 e. The summed E-state index contributed by atoms with van der Waals surface area (Å²) >= 11 is 0. The average Bonchev–Trinajstić information content (AvgIpc) is 2.53. The molecular weight excluding hydrogens is 254 g/mol. The van der Waals surface area contributed by atoms with E-state index < -0.39 is 6.10 Å². The van der Waals surface area contributed by atoms with Gasteiger partial charge in [-0.15, -0.1) is 0 Å². The second-order valence-corrected chi connectivity index (χ2v) is 4.27. The van der Waals surface area contributed by atoms with Crippen molar-refractivity contribution in [1.82, 2.24) is 15.0 Å². The molecular formula is C15H13N3O2. The van der Waals surface area contributed by atoms with E-state index in [9.17, 15) is 5.11 Å². The summed E-state index contributed by atoms with van der Waals surface area (Å²) < 4.78 is 5.14. The Morgan fingerprint density at radius 1 is 0.950 bits per heavy atom. The molecule has 1 aromatic carbocycles. The van der Waals surface area contributed by atoms with Gasteiger partial charge in [0.15, 0.2) is 0 Å². The molecule has 0 spiro atoms. The van der Waals surface area contributed by atoms with Crippen molar-refractivity contribution < 1.29 is 9.84 Å². The molecule has 1 unspecified atom stereocenters. The van der Waals surface area contributed by atoms with Gasteiger partial charge in [-0.3, -0.25) is 9.97 Å². The zero-order chi connectivity index (χ0) is 13.9. The van der Waals surface area contributed by atoms with Gasteiger partial charge < -0.3 is 9.84 Å². The second kappa shape index (κ2) is 5.22. The fourth-order valence-corrected chi connectivity index (χ4v) is 2.17. The van der Waals surface area contributed by atoms with Crippen molar-refractivity contribution in [3.8, 4) is 5.88 Å². The third kappa shape index (κ3) is 2.08. The van der Waals surface area contributed by atoms with Gasteiger partial charge in [-0.2, -0.15) is 0 Å². The number of pyridine rings is 1. The van der Waals surface area contributed by atoms with Crippen LogP contribution in [-0.4, -0.2) is 27.2 Å². The Hall–Kier alpha value is -2.53. The highest BCUT2D eigenvalue weighted by atomic mass is 16.5. The lowest BCUT2D eigenvalue weighted by atomic mass is 10.0. The quantitative estimate of drug-likeness (QED) is 0.787. The number of nitrogens with zero attached hydrogens (tertiary/aromatic N) is 3. The number of hydrogen-bond acceptors (Lipinski definition) is 5. The molecule has 0 aliphatic carbocycles. The number of hydrogen-bond donors (Lipinski definition) is 1. The fourth-order valence-electron chi connectivity index (χ4n) is 2.17. The van der Waals surface area contributed by atoms with Gasteiger partial charge in [0.05, 0.1) is 12.8 Å². The van der Waals surface area contributed by atoms with Crippen LogP contribution in [0.1, 0.15) is 17.5 Å². The molecule has 0 fully saturated rings. The number of benzene rings is 1. The van der Waals surface area contributed by atoms with E-state index in [1.165, 1.54) is 19.5 Å². The molecule has 3 rings (SSSR count). The van der Waals surface area contributed by atoms with Crippen molar-refractivity contribution in [2.75, 3.05) is 7.11 Å². The lowest BCUT2D eigenvalue weighted by Crippen LogP contribution is -2.08. The number of aliphatic hydroxyl groups is 1. The molecule has 1 atom stereocenters. The van der Waals surface area contributed by atoms with E-state index in [1.807, 2.05) is 30.3 Å². The van der Waals surface area contributed by atoms with Crippen LogP contribution >= 0.6 is 0 Å². The Labute approximate surface area is 115 Å². The van der Waals surface area contributed by atoms with Crippen LogP contribution in [0, 0.1) is 0 Å². The molecule has 0 saturated carbocycles. The fraction of sp³-hybridized carbons (Fsp3) is 0.133. The topological polar surface area (TPSA) is 68.1 Å². The summed E-state index contributed by atoms with van der Waals surface area (Å²) in [6.45, 7) is 0. The van der Waals surface area contributed by atoms with Crippen LogP contribution in [0.5, 0.6) is 5.88 Å². The second-order valence-electron chi connectivity index (χ2n) is 4.27. The lowest BCUT2D eigenvalue weighted by Gasteiger charge is -2.13. The summed E-state index contributed by atoms with van der Waals surface area (Å²) in [7, 11) is 1.50. The van der Waals surface area contributed by atoms with Crippen molar-refractivity contribution in [3.63, 3.8) is 0 Å². The van der Waals surface area contributed by atoms with Crippen LogP contribution in [0.15, 0.2) is 48.9 Å². The molecule has 5 heteroatoms. The zero-order valence-corrected chi connectivity index (χ0v) is 10.9. The van der Waals surface area contributed by atoms with Crippen molar-refractivity contribution in [3.05, 3.63) is 60.3 Å². The maximum absolute atomic E-state index is 10.6. The molecule has 2 heterocycles. The number of aromatic nitrogens is 3. The molecule has 0 radical (unpaired) electrons. The van der Waals surface area contributed by atoms with E-state index >= 15 is 0 Å². The smallest absolute Gasteiger partial charge is 0.238 e. The van der Waals surface area contributed by atoms with Gasteiger partial charge in [0.25, 0.3) is 0 Å². The molecule has 3 aromatic rings. The van der Waals surface area contributed by atoms with Crippen LogP contribution in [-0.2, 0) is 0 Å². The van der Waals surface area contributed by atoms with Gasteiger partial charge in [-0.05, 0) is 11.5 Å². The maximum atomic E-state index is 10.6. The third-order valence-electron chi connectivity index (χ3n) is 3.11. The number of ether oxygens (including phenoxy) is 1. The van der Waals surface area contributed by atoms with Gasteiger partial charge in [0.1, 0.15) is 11.8 Å². The number of methoxy groups -OCH3 is 1. The number of aliphatic hydroxyl groups excluding tert-OH is 1. The minimum absolute atomic E-state index is 0.301. The maximum Gasteiger partial charge on any atom is 0.238 e. The molecule has 20 heavy (non-hydrogen) atoms. The monoisotopic (exact) mass is 267 g/mol. The first-order chi connectivity index (χ1) is 9.81. The predicted molar refractivity (Wildman–Crippen MR) is 74.4 cm³/mol. The van der Waals surface area contributed by atoms with Crippen LogP contribution < -0.4 is 4.74 Å². The Balaban J connectivity index is 2.15. The molecule has 0 bridgehead atoms. The first kappa shape index (κ1) is 12.5. The molecule has 5 nitrogen and oxygen atoms in total. The zero-order valence-electron chi connectivity index (χ0n) is 10.9. The van der Waals surface area contributed by atoms with Crippen molar-refractivity contribution >= 4 is 10.8 Å². The van der Waals surface area contributed by atoms with E-state index in [0.717, 1.165) is 10.8 Å². The Morgan fingerprint density at radius 3 is 2.55 bits per heavy atom. The lowest BCUT2D eigenvalue weighted by molar-refractivity contribution is 0.204. The van der Waals surface area contributed by atoms with E-state index in [4.69, 9.17) is 4.74 Å². The highest BCUT2D eigenvalue weighted by Gasteiger charge is 2.21. The molecule has 0 aliphatic rings. The first-order valence-corrected chi connectivity index (χ1v) is 6.18. The van der Waals surface area contributed by atoms with E-state index in [0.29, 0.717) is 17.3 Å². The highest BCUT2D eigenvalue weighted by molar-refractivity contribution is 5.84. The van der Waals surface area contributed by atoms with Gasteiger partial charge in [0.2, 0.25) is 5.88 Å². The normalized spacial score (nSPS) is 12.3. The molecule has 100 valence electrons. The van der Waals surface area contributed by atoms with Crippen molar-refractivity contribution in [2.45, 2.75) is 6.10 Å². The molecule has 2 aromatic heterocycles. The van der Waals surface area contributed by atoms with Gasteiger partial charge in [-0.1, -0.05) is 24.3 Å². The van der Waals surface area contributed by atoms with E-state index in [2.05, 4.69) is 15.0 Å². The van der Waals surface area contributed by atoms with Gasteiger partial charge in [0, 0.05) is 24.0 Å². The minimum atomic E-state index is -0.982. The van der Waals surface area contributed by atoms with Crippen LogP contribution in [0.3, 0.4) is 0 Å². The van der Waals surface area contributed by atoms with E-state index in [1.54, 1.807) is 6.20 Å². The van der Waals surface area contributed by atoms with Crippen molar-refractivity contribution in [2.24, 2.45) is 0 Å².